The van der Waals surface area contributed by atoms with E-state index in [1.54, 1.807) is 0 Å². The summed E-state index contributed by atoms with van der Waals surface area (Å²) in [7, 11) is 0. The van der Waals surface area contributed by atoms with E-state index in [4.69, 9.17) is 0 Å². The van der Waals surface area contributed by atoms with Crippen molar-refractivity contribution in [2.24, 2.45) is 5.92 Å². The Balaban J connectivity index is 2.00. The maximum atomic E-state index is 9.57. The van der Waals surface area contributed by atoms with Gasteiger partial charge in [-0.1, -0.05) is 13.3 Å². The molecule has 96 valence electrons. The lowest BCUT2D eigenvalue weighted by molar-refractivity contribution is 0.107. The first-order valence-corrected chi connectivity index (χ1v) is 7.72. The van der Waals surface area contributed by atoms with Crippen LogP contribution in [0.2, 0.25) is 0 Å². The summed E-state index contributed by atoms with van der Waals surface area (Å²) in [4.78, 5) is 0. The van der Waals surface area contributed by atoms with Crippen molar-refractivity contribution in [3.05, 3.63) is 0 Å². The Kier molecular flexibility index (Phi) is 6.16. The zero-order chi connectivity index (χ0) is 12.0. The minimum absolute atomic E-state index is 0.524. The van der Waals surface area contributed by atoms with Crippen LogP contribution >= 0.6 is 11.8 Å². The normalized spacial score (nSPS) is 18.8. The quantitative estimate of drug-likeness (QED) is 0.613. The van der Waals surface area contributed by atoms with Crippen molar-refractivity contribution < 1.29 is 5.11 Å². The first-order chi connectivity index (χ1) is 7.53. The van der Waals surface area contributed by atoms with E-state index in [0.29, 0.717) is 0 Å². The van der Waals surface area contributed by atoms with Crippen molar-refractivity contribution in [3.63, 3.8) is 0 Å². The van der Waals surface area contributed by atoms with Crippen molar-refractivity contribution in [3.8, 4) is 0 Å². The minimum Gasteiger partial charge on any atom is -0.390 e. The van der Waals surface area contributed by atoms with Gasteiger partial charge in [-0.3, -0.25) is 0 Å². The molecule has 0 saturated heterocycles. The van der Waals surface area contributed by atoms with E-state index >= 15 is 0 Å². The van der Waals surface area contributed by atoms with E-state index < -0.39 is 5.60 Å². The Morgan fingerprint density at radius 2 is 2.12 bits per heavy atom. The van der Waals surface area contributed by atoms with Gasteiger partial charge in [-0.2, -0.15) is 11.8 Å². The molecule has 1 saturated carbocycles. The number of rotatable bonds is 9. The van der Waals surface area contributed by atoms with Crippen LogP contribution in [0.5, 0.6) is 0 Å². The molecule has 1 unspecified atom stereocenters. The van der Waals surface area contributed by atoms with E-state index in [-0.39, 0.29) is 0 Å². The Morgan fingerprint density at radius 1 is 1.44 bits per heavy atom. The second-order valence-corrected chi connectivity index (χ2v) is 6.66. The molecule has 0 heterocycles. The lowest BCUT2D eigenvalue weighted by Gasteiger charge is -2.19. The van der Waals surface area contributed by atoms with Crippen LogP contribution in [0.15, 0.2) is 0 Å². The van der Waals surface area contributed by atoms with Gasteiger partial charge < -0.3 is 10.4 Å². The molecule has 0 aliphatic heterocycles. The monoisotopic (exact) mass is 245 g/mol. The molecular formula is C13H27NOS. The summed E-state index contributed by atoms with van der Waals surface area (Å²) in [5.74, 6) is 2.90. The van der Waals surface area contributed by atoms with Crippen LogP contribution in [0.4, 0.5) is 0 Å². The molecule has 1 rings (SSSR count). The Labute approximate surface area is 105 Å². The van der Waals surface area contributed by atoms with Gasteiger partial charge in [0.15, 0.2) is 0 Å². The molecule has 0 spiro atoms. The van der Waals surface area contributed by atoms with Gasteiger partial charge in [0.05, 0.1) is 5.60 Å². The maximum absolute atomic E-state index is 9.57. The zero-order valence-corrected chi connectivity index (χ0v) is 11.8. The van der Waals surface area contributed by atoms with Crippen molar-refractivity contribution in [2.75, 3.05) is 18.1 Å². The second kappa shape index (κ2) is 6.87. The zero-order valence-electron chi connectivity index (χ0n) is 11.0. The fraction of sp³-hybridized carbons (Fsp3) is 1.00. The molecule has 1 fully saturated rings. The number of hydrogen-bond donors (Lipinski definition) is 2. The third-order valence-electron chi connectivity index (χ3n) is 2.90. The SMILES string of the molecule is CCCC(NCCSCC(C)(C)O)C1CC1. The topological polar surface area (TPSA) is 32.3 Å². The molecular weight excluding hydrogens is 218 g/mol. The van der Waals surface area contributed by atoms with Crippen LogP contribution in [-0.4, -0.2) is 34.8 Å². The third-order valence-corrected chi connectivity index (χ3v) is 4.30. The van der Waals surface area contributed by atoms with Crippen molar-refractivity contribution in [2.45, 2.75) is 58.1 Å². The van der Waals surface area contributed by atoms with Gasteiger partial charge >= 0.3 is 0 Å². The smallest absolute Gasteiger partial charge is 0.0681 e. The van der Waals surface area contributed by atoms with Gasteiger partial charge in [0.2, 0.25) is 0 Å². The van der Waals surface area contributed by atoms with Gasteiger partial charge in [0.25, 0.3) is 0 Å². The lowest BCUT2D eigenvalue weighted by Crippen LogP contribution is -2.33. The van der Waals surface area contributed by atoms with Crippen LogP contribution in [0.1, 0.15) is 46.5 Å². The van der Waals surface area contributed by atoms with Gasteiger partial charge in [-0.25, -0.2) is 0 Å². The van der Waals surface area contributed by atoms with E-state index in [1.165, 1.54) is 25.7 Å². The van der Waals surface area contributed by atoms with Crippen molar-refractivity contribution in [1.82, 2.24) is 5.32 Å². The standard InChI is InChI=1S/C13H27NOS/c1-4-5-12(11-6-7-11)14-8-9-16-10-13(2,3)15/h11-12,14-15H,4-10H2,1-3H3. The minimum atomic E-state index is -0.524. The van der Waals surface area contributed by atoms with E-state index in [9.17, 15) is 5.11 Å². The average Bonchev–Trinajstić information content (AvgIpc) is 2.97. The highest BCUT2D eigenvalue weighted by Gasteiger charge is 2.29. The largest absolute Gasteiger partial charge is 0.390 e. The number of hydrogen-bond acceptors (Lipinski definition) is 3. The number of aliphatic hydroxyl groups is 1. The van der Waals surface area contributed by atoms with Crippen LogP contribution in [0.3, 0.4) is 0 Å². The summed E-state index contributed by atoms with van der Waals surface area (Å²) in [6, 6.07) is 0.757. The van der Waals surface area contributed by atoms with Crippen molar-refractivity contribution >= 4 is 11.8 Å². The molecule has 0 amide bonds. The fourth-order valence-electron chi connectivity index (χ4n) is 1.95. The first kappa shape index (κ1) is 14.3. The summed E-state index contributed by atoms with van der Waals surface area (Å²) in [6.07, 6.45) is 5.45. The van der Waals surface area contributed by atoms with Crippen LogP contribution in [0.25, 0.3) is 0 Å². The summed E-state index contributed by atoms with van der Waals surface area (Å²) in [5.41, 5.74) is -0.524. The molecule has 1 atom stereocenters. The highest BCUT2D eigenvalue weighted by Crippen LogP contribution is 2.34. The third kappa shape index (κ3) is 6.77. The molecule has 0 aromatic carbocycles. The van der Waals surface area contributed by atoms with E-state index in [0.717, 1.165) is 30.0 Å². The molecule has 0 aromatic heterocycles. The summed E-state index contributed by atoms with van der Waals surface area (Å²) in [6.45, 7) is 7.09. The molecule has 16 heavy (non-hydrogen) atoms. The average molecular weight is 245 g/mol. The Morgan fingerprint density at radius 3 is 2.62 bits per heavy atom. The van der Waals surface area contributed by atoms with Crippen molar-refractivity contribution in [1.29, 1.82) is 0 Å². The molecule has 0 bridgehead atoms. The van der Waals surface area contributed by atoms with E-state index in [1.807, 2.05) is 25.6 Å². The fourth-order valence-corrected chi connectivity index (χ4v) is 2.86. The Hall–Kier alpha value is 0.270. The van der Waals surface area contributed by atoms with Crippen LogP contribution < -0.4 is 5.32 Å². The highest BCUT2D eigenvalue weighted by atomic mass is 32.2. The van der Waals surface area contributed by atoms with Gasteiger partial charge in [0.1, 0.15) is 0 Å². The first-order valence-electron chi connectivity index (χ1n) is 6.56. The molecule has 0 aromatic rings. The summed E-state index contributed by atoms with van der Waals surface area (Å²) in [5, 5.41) is 13.2. The molecule has 1 aliphatic rings. The van der Waals surface area contributed by atoms with Gasteiger partial charge in [-0.05, 0) is 39.0 Å². The number of nitrogens with one attached hydrogen (secondary N) is 1. The van der Waals surface area contributed by atoms with Crippen LogP contribution in [-0.2, 0) is 0 Å². The predicted octanol–water partition coefficient (Wildman–Crippen LogP) is 2.66. The van der Waals surface area contributed by atoms with Crippen LogP contribution in [0, 0.1) is 5.92 Å². The highest BCUT2D eigenvalue weighted by molar-refractivity contribution is 7.99. The summed E-state index contributed by atoms with van der Waals surface area (Å²) >= 11 is 1.84. The van der Waals surface area contributed by atoms with Gasteiger partial charge in [0, 0.05) is 24.1 Å². The maximum Gasteiger partial charge on any atom is 0.0681 e. The summed E-state index contributed by atoms with van der Waals surface area (Å²) < 4.78 is 0. The molecule has 2 nitrogen and oxygen atoms in total. The van der Waals surface area contributed by atoms with Gasteiger partial charge in [-0.15, -0.1) is 0 Å². The number of thioether (sulfide) groups is 1. The van der Waals surface area contributed by atoms with E-state index in [2.05, 4.69) is 12.2 Å². The molecule has 2 N–H and O–H groups in total. The molecule has 3 heteroatoms. The molecule has 0 radical (unpaired) electrons. The Bertz CT molecular complexity index is 187. The predicted molar refractivity (Wildman–Crippen MR) is 73.0 cm³/mol. The lowest BCUT2D eigenvalue weighted by atomic mass is 10.1. The molecule has 1 aliphatic carbocycles. The second-order valence-electron chi connectivity index (χ2n) is 5.55.